The summed E-state index contributed by atoms with van der Waals surface area (Å²) in [6.45, 7) is 1.37. The van der Waals surface area contributed by atoms with E-state index in [9.17, 15) is 13.2 Å². The number of rotatable bonds is 6. The maximum Gasteiger partial charge on any atom is 0.250 e. The van der Waals surface area contributed by atoms with Crippen molar-refractivity contribution in [1.29, 1.82) is 0 Å². The monoisotopic (exact) mass is 415 g/mol. The highest BCUT2D eigenvalue weighted by molar-refractivity contribution is 7.91. The van der Waals surface area contributed by atoms with Crippen LogP contribution in [-0.4, -0.2) is 45.4 Å². The van der Waals surface area contributed by atoms with E-state index in [1.807, 2.05) is 30.3 Å². The molecule has 3 N–H and O–H groups in total. The SMILES string of the molecule is Cl.NC[C@@H]1CN(C(=O)CNS(=O)(=O)c2cccs2)C[C@H]1c1ccccc1. The van der Waals surface area contributed by atoms with Crippen molar-refractivity contribution in [3.05, 3.63) is 53.4 Å². The molecule has 3 rings (SSSR count). The van der Waals surface area contributed by atoms with Gasteiger partial charge in [-0.1, -0.05) is 36.4 Å². The number of hydrogen-bond donors (Lipinski definition) is 2. The zero-order valence-corrected chi connectivity index (χ0v) is 16.5. The first kappa shape index (κ1) is 20.9. The standard InChI is InChI=1S/C17H21N3O3S2.ClH/c18-9-14-11-20(12-15(14)13-5-2-1-3-6-13)16(21)10-19-25(22,23)17-7-4-8-24-17;/h1-8,14-15,19H,9-12,18H2;1H/t14-,15+;/m1./s1. The number of nitrogens with one attached hydrogen (secondary N) is 1. The molecule has 2 atom stereocenters. The number of halogens is 1. The van der Waals surface area contributed by atoms with Crippen LogP contribution in [0.2, 0.25) is 0 Å². The van der Waals surface area contributed by atoms with E-state index < -0.39 is 10.0 Å². The van der Waals surface area contributed by atoms with Crippen LogP contribution in [0.15, 0.2) is 52.1 Å². The van der Waals surface area contributed by atoms with Crippen LogP contribution in [0.5, 0.6) is 0 Å². The third-order valence-electron chi connectivity index (χ3n) is 4.50. The van der Waals surface area contributed by atoms with Gasteiger partial charge in [-0.05, 0) is 29.5 Å². The molecule has 142 valence electrons. The molecule has 2 aromatic rings. The molecule has 0 bridgehead atoms. The van der Waals surface area contributed by atoms with E-state index in [1.54, 1.807) is 16.3 Å². The van der Waals surface area contributed by atoms with Crippen molar-refractivity contribution in [1.82, 2.24) is 9.62 Å². The van der Waals surface area contributed by atoms with Gasteiger partial charge >= 0.3 is 0 Å². The Bertz CT molecular complexity index is 813. The molecular weight excluding hydrogens is 394 g/mol. The van der Waals surface area contributed by atoms with E-state index >= 15 is 0 Å². The number of carbonyl (C=O) groups excluding carboxylic acids is 1. The Morgan fingerprint density at radius 1 is 1.19 bits per heavy atom. The van der Waals surface area contributed by atoms with Crippen LogP contribution in [0.25, 0.3) is 0 Å². The zero-order valence-electron chi connectivity index (χ0n) is 14.1. The maximum absolute atomic E-state index is 12.5. The van der Waals surface area contributed by atoms with Gasteiger partial charge < -0.3 is 10.6 Å². The number of hydrogen-bond acceptors (Lipinski definition) is 5. The first-order valence-corrected chi connectivity index (χ1v) is 10.4. The molecule has 9 heteroatoms. The Hall–Kier alpha value is -1.45. The fraction of sp³-hybridized carbons (Fsp3) is 0.353. The predicted molar refractivity (Wildman–Crippen MR) is 105 cm³/mol. The quantitative estimate of drug-likeness (QED) is 0.750. The first-order valence-electron chi connectivity index (χ1n) is 8.07. The fourth-order valence-corrected chi connectivity index (χ4v) is 5.16. The van der Waals surface area contributed by atoms with Crippen molar-refractivity contribution in [2.45, 2.75) is 10.1 Å². The van der Waals surface area contributed by atoms with Gasteiger partial charge in [0.05, 0.1) is 6.54 Å². The van der Waals surface area contributed by atoms with Crippen molar-refractivity contribution >= 4 is 39.7 Å². The van der Waals surface area contributed by atoms with Gasteiger partial charge in [0, 0.05) is 19.0 Å². The molecule has 1 aliphatic rings. The van der Waals surface area contributed by atoms with Crippen LogP contribution in [0, 0.1) is 5.92 Å². The summed E-state index contributed by atoms with van der Waals surface area (Å²) in [4.78, 5) is 14.2. The topological polar surface area (TPSA) is 92.5 Å². The highest BCUT2D eigenvalue weighted by Gasteiger charge is 2.35. The van der Waals surface area contributed by atoms with Crippen molar-refractivity contribution in [2.24, 2.45) is 11.7 Å². The summed E-state index contributed by atoms with van der Waals surface area (Å²) < 4.78 is 26.9. The van der Waals surface area contributed by atoms with Crippen molar-refractivity contribution < 1.29 is 13.2 Å². The van der Waals surface area contributed by atoms with Gasteiger partial charge in [-0.3, -0.25) is 4.79 Å². The second-order valence-corrected chi connectivity index (χ2v) is 9.01. The minimum absolute atomic E-state index is 0. The highest BCUT2D eigenvalue weighted by atomic mass is 35.5. The molecule has 1 aromatic carbocycles. The fourth-order valence-electron chi connectivity index (χ4n) is 3.15. The van der Waals surface area contributed by atoms with E-state index in [0.717, 1.165) is 16.9 Å². The molecule has 0 saturated carbocycles. The Morgan fingerprint density at radius 3 is 2.54 bits per heavy atom. The smallest absolute Gasteiger partial charge is 0.250 e. The van der Waals surface area contributed by atoms with Crippen molar-refractivity contribution in [2.75, 3.05) is 26.2 Å². The largest absolute Gasteiger partial charge is 0.341 e. The normalized spacial score (nSPS) is 20.0. The van der Waals surface area contributed by atoms with Crippen LogP contribution >= 0.6 is 23.7 Å². The molecule has 1 amide bonds. The molecule has 2 heterocycles. The Morgan fingerprint density at radius 2 is 1.92 bits per heavy atom. The van der Waals surface area contributed by atoms with Gasteiger partial charge in [0.1, 0.15) is 4.21 Å². The number of benzene rings is 1. The zero-order chi connectivity index (χ0) is 17.9. The number of carbonyl (C=O) groups is 1. The molecule has 26 heavy (non-hydrogen) atoms. The van der Waals surface area contributed by atoms with Crippen LogP contribution in [0.3, 0.4) is 0 Å². The summed E-state index contributed by atoms with van der Waals surface area (Å²) in [6, 6.07) is 13.2. The molecule has 1 saturated heterocycles. The number of likely N-dealkylation sites (tertiary alicyclic amines) is 1. The molecule has 1 fully saturated rings. The van der Waals surface area contributed by atoms with E-state index in [2.05, 4.69) is 4.72 Å². The van der Waals surface area contributed by atoms with Gasteiger partial charge in [-0.2, -0.15) is 0 Å². The molecule has 0 spiro atoms. The Labute approximate surface area is 163 Å². The lowest BCUT2D eigenvalue weighted by molar-refractivity contribution is -0.129. The Kier molecular flexibility index (Phi) is 7.19. The first-order chi connectivity index (χ1) is 12.0. The summed E-state index contributed by atoms with van der Waals surface area (Å²) in [6.07, 6.45) is 0. The number of sulfonamides is 1. The van der Waals surface area contributed by atoms with E-state index in [-0.39, 0.29) is 40.9 Å². The van der Waals surface area contributed by atoms with Gasteiger partial charge in [-0.25, -0.2) is 13.1 Å². The van der Waals surface area contributed by atoms with Crippen LogP contribution in [0.1, 0.15) is 11.5 Å². The Balaban J connectivity index is 0.00000243. The van der Waals surface area contributed by atoms with Crippen LogP contribution in [0.4, 0.5) is 0 Å². The molecular formula is C17H22ClN3O3S2. The third-order valence-corrected chi connectivity index (χ3v) is 7.30. The van der Waals surface area contributed by atoms with Gasteiger partial charge in [0.25, 0.3) is 10.0 Å². The lowest BCUT2D eigenvalue weighted by Crippen LogP contribution is -2.39. The highest BCUT2D eigenvalue weighted by Crippen LogP contribution is 2.31. The minimum atomic E-state index is -3.63. The van der Waals surface area contributed by atoms with Gasteiger partial charge in [0.2, 0.25) is 5.91 Å². The lowest BCUT2D eigenvalue weighted by Gasteiger charge is -2.17. The predicted octanol–water partition coefficient (Wildman–Crippen LogP) is 1.65. The van der Waals surface area contributed by atoms with Crippen molar-refractivity contribution in [3.63, 3.8) is 0 Å². The minimum Gasteiger partial charge on any atom is -0.341 e. The summed E-state index contributed by atoms with van der Waals surface area (Å²) in [7, 11) is -3.63. The molecule has 0 radical (unpaired) electrons. The van der Waals surface area contributed by atoms with Crippen molar-refractivity contribution in [3.8, 4) is 0 Å². The summed E-state index contributed by atoms with van der Waals surface area (Å²) in [5.74, 6) is 0.140. The number of nitrogens with two attached hydrogens (primary N) is 1. The number of nitrogens with zero attached hydrogens (tertiary/aromatic N) is 1. The molecule has 0 unspecified atom stereocenters. The average molecular weight is 416 g/mol. The maximum atomic E-state index is 12.5. The van der Waals surface area contributed by atoms with Gasteiger partial charge in [0.15, 0.2) is 0 Å². The molecule has 6 nitrogen and oxygen atoms in total. The van der Waals surface area contributed by atoms with Gasteiger partial charge in [-0.15, -0.1) is 23.7 Å². The van der Waals surface area contributed by atoms with Crippen LogP contribution in [-0.2, 0) is 14.8 Å². The second-order valence-electron chi connectivity index (χ2n) is 6.07. The average Bonchev–Trinajstić information content (AvgIpc) is 3.30. The summed E-state index contributed by atoms with van der Waals surface area (Å²) in [5.41, 5.74) is 7.04. The molecule has 1 aromatic heterocycles. The van der Waals surface area contributed by atoms with E-state index in [4.69, 9.17) is 5.73 Å². The molecule has 1 aliphatic heterocycles. The number of amides is 1. The van der Waals surface area contributed by atoms with E-state index in [0.29, 0.717) is 19.6 Å². The lowest BCUT2D eigenvalue weighted by atomic mass is 9.89. The third kappa shape index (κ3) is 4.63. The summed E-state index contributed by atoms with van der Waals surface area (Å²) in [5, 5.41) is 1.69. The number of thiophene rings is 1. The second kappa shape index (κ2) is 8.96. The molecule has 0 aliphatic carbocycles. The van der Waals surface area contributed by atoms with E-state index in [1.165, 1.54) is 6.07 Å². The van der Waals surface area contributed by atoms with Crippen LogP contribution < -0.4 is 10.5 Å². The summed E-state index contributed by atoms with van der Waals surface area (Å²) >= 11 is 1.12.